The molecule has 1 aromatic heterocycles. The summed E-state index contributed by atoms with van der Waals surface area (Å²) in [5.41, 5.74) is 6.40. The molecule has 2 aromatic rings. The standard InChI is InChI=1S/C12H10N4O4S2/c13-11(7-5-10(16(18)19)22-6-7)15-20-12(17)14-8-1-3-9(21)4-2-8/h1-6,21H,(H2,13,15)(H,14,17). The molecule has 1 amide bonds. The van der Waals surface area contributed by atoms with E-state index in [2.05, 4.69) is 27.9 Å². The van der Waals surface area contributed by atoms with Gasteiger partial charge >= 0.3 is 11.1 Å². The van der Waals surface area contributed by atoms with Crippen LogP contribution in [0.4, 0.5) is 15.5 Å². The number of rotatable bonds is 4. The van der Waals surface area contributed by atoms with E-state index in [0.717, 1.165) is 16.2 Å². The minimum Gasteiger partial charge on any atom is -0.380 e. The molecule has 2 rings (SSSR count). The fourth-order valence-corrected chi connectivity index (χ4v) is 2.25. The number of carbonyl (C=O) groups excluding carboxylic acids is 1. The molecule has 3 N–H and O–H groups in total. The molecule has 0 saturated heterocycles. The number of benzene rings is 1. The maximum absolute atomic E-state index is 11.5. The molecular formula is C12H10N4O4S2. The second-order valence-corrected chi connectivity index (χ2v) is 5.36. The van der Waals surface area contributed by atoms with Crippen LogP contribution in [0.5, 0.6) is 0 Å². The van der Waals surface area contributed by atoms with Crippen LogP contribution in [0.1, 0.15) is 5.56 Å². The van der Waals surface area contributed by atoms with Crippen molar-refractivity contribution in [1.29, 1.82) is 0 Å². The van der Waals surface area contributed by atoms with E-state index in [-0.39, 0.29) is 10.8 Å². The molecule has 0 atom stereocenters. The summed E-state index contributed by atoms with van der Waals surface area (Å²) in [6, 6.07) is 7.91. The van der Waals surface area contributed by atoms with Crippen molar-refractivity contribution in [3.05, 3.63) is 51.4 Å². The van der Waals surface area contributed by atoms with Gasteiger partial charge in [-0.15, -0.1) is 12.6 Å². The smallest absolute Gasteiger partial charge is 0.380 e. The largest absolute Gasteiger partial charge is 0.437 e. The summed E-state index contributed by atoms with van der Waals surface area (Å²) in [5, 5.41) is 17.8. The third kappa shape index (κ3) is 4.20. The number of nitrogens with two attached hydrogens (primary N) is 1. The molecule has 0 aliphatic carbocycles. The number of amidine groups is 1. The van der Waals surface area contributed by atoms with Crippen molar-refractivity contribution in [2.45, 2.75) is 4.90 Å². The fraction of sp³-hybridized carbons (Fsp3) is 0. The molecule has 10 heteroatoms. The van der Waals surface area contributed by atoms with Gasteiger partial charge in [0.2, 0.25) is 0 Å². The fourth-order valence-electron chi connectivity index (χ4n) is 1.38. The van der Waals surface area contributed by atoms with E-state index in [1.807, 2.05) is 0 Å². The minimum absolute atomic E-state index is 0.0792. The van der Waals surface area contributed by atoms with Crippen molar-refractivity contribution >= 4 is 46.6 Å². The number of hydrogen-bond acceptors (Lipinski definition) is 7. The number of carbonyl (C=O) groups is 1. The molecule has 0 unspecified atom stereocenters. The number of oxime groups is 1. The highest BCUT2D eigenvalue weighted by molar-refractivity contribution is 7.80. The average molecular weight is 338 g/mol. The van der Waals surface area contributed by atoms with E-state index in [1.54, 1.807) is 24.3 Å². The summed E-state index contributed by atoms with van der Waals surface area (Å²) in [7, 11) is 0. The third-order valence-electron chi connectivity index (χ3n) is 2.40. The van der Waals surface area contributed by atoms with Crippen molar-refractivity contribution in [3.63, 3.8) is 0 Å². The van der Waals surface area contributed by atoms with Crippen molar-refractivity contribution in [2.75, 3.05) is 5.32 Å². The molecular weight excluding hydrogens is 328 g/mol. The van der Waals surface area contributed by atoms with Crippen molar-refractivity contribution in [2.24, 2.45) is 10.9 Å². The normalized spacial score (nSPS) is 11.0. The van der Waals surface area contributed by atoms with E-state index in [4.69, 9.17) is 5.73 Å². The number of nitro groups is 1. The van der Waals surface area contributed by atoms with Gasteiger partial charge in [-0.3, -0.25) is 20.3 Å². The lowest BCUT2D eigenvalue weighted by Gasteiger charge is -2.03. The highest BCUT2D eigenvalue weighted by Gasteiger charge is 2.12. The van der Waals surface area contributed by atoms with Crippen LogP contribution in [0.15, 0.2) is 45.8 Å². The van der Waals surface area contributed by atoms with Gasteiger partial charge in [0.05, 0.1) is 4.92 Å². The lowest BCUT2D eigenvalue weighted by Crippen LogP contribution is -2.17. The molecule has 0 aliphatic heterocycles. The molecule has 0 bridgehead atoms. The second kappa shape index (κ2) is 6.91. The van der Waals surface area contributed by atoms with Crippen LogP contribution in [-0.4, -0.2) is 16.9 Å². The van der Waals surface area contributed by atoms with Crippen LogP contribution < -0.4 is 11.1 Å². The SMILES string of the molecule is N/C(=N/OC(=O)Nc1ccc(S)cc1)c1csc([N+](=O)[O-])c1. The number of nitrogens with one attached hydrogen (secondary N) is 1. The average Bonchev–Trinajstić information content (AvgIpc) is 2.97. The summed E-state index contributed by atoms with van der Waals surface area (Å²) >= 11 is 5.02. The third-order valence-corrected chi connectivity index (χ3v) is 3.58. The highest BCUT2D eigenvalue weighted by Crippen LogP contribution is 2.22. The number of amides is 1. The molecule has 8 nitrogen and oxygen atoms in total. The number of hydrogen-bond donors (Lipinski definition) is 3. The molecule has 0 spiro atoms. The first-order valence-corrected chi connectivity index (χ1v) is 7.12. The van der Waals surface area contributed by atoms with Gasteiger partial charge in [-0.2, -0.15) is 0 Å². The zero-order valence-electron chi connectivity index (χ0n) is 10.9. The van der Waals surface area contributed by atoms with Gasteiger partial charge in [0, 0.05) is 27.6 Å². The number of thiophene rings is 1. The van der Waals surface area contributed by atoms with Crippen LogP contribution in [-0.2, 0) is 4.84 Å². The predicted molar refractivity (Wildman–Crippen MR) is 85.5 cm³/mol. The molecule has 0 radical (unpaired) electrons. The zero-order valence-corrected chi connectivity index (χ0v) is 12.6. The summed E-state index contributed by atoms with van der Waals surface area (Å²) in [5.74, 6) is -0.134. The summed E-state index contributed by atoms with van der Waals surface area (Å²) < 4.78 is 0. The number of nitrogens with zero attached hydrogens (tertiary/aromatic N) is 2. The van der Waals surface area contributed by atoms with Gasteiger partial charge in [0.25, 0.3) is 0 Å². The van der Waals surface area contributed by atoms with Gasteiger partial charge in [-0.1, -0.05) is 16.5 Å². The summed E-state index contributed by atoms with van der Waals surface area (Å²) in [6.45, 7) is 0. The van der Waals surface area contributed by atoms with Crippen LogP contribution in [0.25, 0.3) is 0 Å². The Bertz CT molecular complexity index is 727. The Kier molecular flexibility index (Phi) is 4.96. The summed E-state index contributed by atoms with van der Waals surface area (Å²) in [4.78, 5) is 26.9. The van der Waals surface area contributed by atoms with E-state index in [9.17, 15) is 14.9 Å². The van der Waals surface area contributed by atoms with Crippen LogP contribution in [0, 0.1) is 10.1 Å². The molecule has 0 aliphatic rings. The van der Waals surface area contributed by atoms with E-state index < -0.39 is 11.0 Å². The zero-order chi connectivity index (χ0) is 16.1. The molecule has 1 aromatic carbocycles. The maximum atomic E-state index is 11.5. The topological polar surface area (TPSA) is 120 Å². The number of anilines is 1. The van der Waals surface area contributed by atoms with Gasteiger partial charge in [-0.25, -0.2) is 4.79 Å². The van der Waals surface area contributed by atoms with Gasteiger partial charge in [0.1, 0.15) is 0 Å². The highest BCUT2D eigenvalue weighted by atomic mass is 32.1. The predicted octanol–water partition coefficient (Wildman–Crippen LogP) is 2.81. The van der Waals surface area contributed by atoms with Crippen LogP contribution >= 0.6 is 24.0 Å². The Labute approximate surface area is 134 Å². The Morgan fingerprint density at radius 3 is 2.68 bits per heavy atom. The first-order valence-electron chi connectivity index (χ1n) is 5.79. The monoisotopic (exact) mass is 338 g/mol. The second-order valence-electron chi connectivity index (χ2n) is 3.96. The number of thiol groups is 1. The Hall–Kier alpha value is -2.59. The first kappa shape index (κ1) is 15.8. The van der Waals surface area contributed by atoms with E-state index in [0.29, 0.717) is 11.3 Å². The van der Waals surface area contributed by atoms with Crippen LogP contribution in [0.2, 0.25) is 0 Å². The van der Waals surface area contributed by atoms with Crippen molar-refractivity contribution < 1.29 is 14.6 Å². The van der Waals surface area contributed by atoms with E-state index in [1.165, 1.54) is 11.4 Å². The molecule has 1 heterocycles. The lowest BCUT2D eigenvalue weighted by molar-refractivity contribution is -0.380. The summed E-state index contributed by atoms with van der Waals surface area (Å²) in [6.07, 6.45) is -0.834. The molecule has 114 valence electrons. The van der Waals surface area contributed by atoms with Crippen molar-refractivity contribution in [1.82, 2.24) is 0 Å². The first-order chi connectivity index (χ1) is 10.5. The van der Waals surface area contributed by atoms with Crippen LogP contribution in [0.3, 0.4) is 0 Å². The lowest BCUT2D eigenvalue weighted by atomic mass is 10.3. The Balaban J connectivity index is 1.96. The molecule has 22 heavy (non-hydrogen) atoms. The molecule has 0 fully saturated rings. The van der Waals surface area contributed by atoms with Gasteiger partial charge in [0.15, 0.2) is 5.84 Å². The Morgan fingerprint density at radius 2 is 2.09 bits per heavy atom. The van der Waals surface area contributed by atoms with Gasteiger partial charge in [-0.05, 0) is 24.3 Å². The van der Waals surface area contributed by atoms with Crippen molar-refractivity contribution in [3.8, 4) is 0 Å². The van der Waals surface area contributed by atoms with Gasteiger partial charge < -0.3 is 5.73 Å². The quantitative estimate of drug-likeness (QED) is 0.198. The minimum atomic E-state index is -0.834. The van der Waals surface area contributed by atoms with E-state index >= 15 is 0 Å². The maximum Gasteiger partial charge on any atom is 0.437 e. The Morgan fingerprint density at radius 1 is 1.41 bits per heavy atom. The molecule has 0 saturated carbocycles.